The average molecular weight is 446 g/mol. The molecule has 33 heavy (non-hydrogen) atoms. The predicted molar refractivity (Wildman–Crippen MR) is 127 cm³/mol. The maximum atomic E-state index is 13.2. The maximum Gasteiger partial charge on any atom is 0.254 e. The van der Waals surface area contributed by atoms with Crippen molar-refractivity contribution in [1.29, 1.82) is 0 Å². The lowest BCUT2D eigenvalue weighted by Gasteiger charge is -2.22. The van der Waals surface area contributed by atoms with E-state index in [0.717, 1.165) is 23.6 Å². The Bertz CT molecular complexity index is 1160. The van der Waals surface area contributed by atoms with Crippen molar-refractivity contribution in [3.05, 3.63) is 72.3 Å². The topological polar surface area (TPSA) is 87.7 Å². The molecule has 1 fully saturated rings. The highest BCUT2D eigenvalue weighted by molar-refractivity contribution is 6.00. The lowest BCUT2D eigenvalue weighted by atomic mass is 10.1. The summed E-state index contributed by atoms with van der Waals surface area (Å²) in [5.41, 5.74) is 1.16. The molecule has 3 aromatic carbocycles. The predicted octanol–water partition coefficient (Wildman–Crippen LogP) is 3.46. The quantitative estimate of drug-likeness (QED) is 0.528. The van der Waals surface area contributed by atoms with Crippen LogP contribution < -0.4 is 15.4 Å². The molecule has 7 heteroatoms. The Labute approximate surface area is 192 Å². The number of benzene rings is 3. The number of methoxy groups -OCH3 is 1. The van der Waals surface area contributed by atoms with E-state index in [1.165, 1.54) is 0 Å². The number of nitrogens with one attached hydrogen (secondary N) is 2. The molecule has 4 rings (SSSR count). The summed E-state index contributed by atoms with van der Waals surface area (Å²) in [7, 11) is 1.57. The van der Waals surface area contributed by atoms with Crippen LogP contribution in [0.1, 0.15) is 23.2 Å². The standard InChI is InChI=1S/C26H27N3O4/c1-33-23-12-10-22(11-13-23)28-24(30)15-27-25(31)17-29(16-18-6-7-18)26(32)21-9-8-19-4-2-3-5-20(19)14-21/h2-5,8-14,18H,6-7,15-17H2,1H3,(H,27,31)(H,28,30). The van der Waals surface area contributed by atoms with Gasteiger partial charge >= 0.3 is 0 Å². The Hall–Kier alpha value is -3.87. The highest BCUT2D eigenvalue weighted by Gasteiger charge is 2.28. The van der Waals surface area contributed by atoms with E-state index in [-0.39, 0.29) is 30.8 Å². The summed E-state index contributed by atoms with van der Waals surface area (Å²) in [6.07, 6.45) is 2.13. The monoisotopic (exact) mass is 445 g/mol. The van der Waals surface area contributed by atoms with Crippen molar-refractivity contribution < 1.29 is 19.1 Å². The molecule has 3 amide bonds. The van der Waals surface area contributed by atoms with Crippen LogP contribution in [0.3, 0.4) is 0 Å². The third-order valence-electron chi connectivity index (χ3n) is 5.61. The Morgan fingerprint density at radius 3 is 2.36 bits per heavy atom. The van der Waals surface area contributed by atoms with E-state index in [1.807, 2.05) is 36.4 Å². The minimum absolute atomic E-state index is 0.0853. The van der Waals surface area contributed by atoms with Crippen molar-refractivity contribution >= 4 is 34.2 Å². The number of hydrogen-bond acceptors (Lipinski definition) is 4. The van der Waals surface area contributed by atoms with Crippen LogP contribution in [0.25, 0.3) is 10.8 Å². The molecule has 0 aromatic heterocycles. The fourth-order valence-corrected chi connectivity index (χ4v) is 3.62. The Morgan fingerprint density at radius 1 is 0.939 bits per heavy atom. The molecular formula is C26H27N3O4. The van der Waals surface area contributed by atoms with Crippen LogP contribution in [0.15, 0.2) is 66.7 Å². The van der Waals surface area contributed by atoms with Crippen LogP contribution in [0.2, 0.25) is 0 Å². The van der Waals surface area contributed by atoms with Crippen molar-refractivity contribution in [2.24, 2.45) is 5.92 Å². The molecule has 0 heterocycles. The first-order chi connectivity index (χ1) is 16.0. The number of ether oxygens (including phenoxy) is 1. The molecule has 1 aliphatic rings. The SMILES string of the molecule is COc1ccc(NC(=O)CNC(=O)CN(CC2CC2)C(=O)c2ccc3ccccc3c2)cc1. The Kier molecular flexibility index (Phi) is 6.88. The molecule has 0 bridgehead atoms. The normalized spacial score (nSPS) is 12.8. The van der Waals surface area contributed by atoms with E-state index in [4.69, 9.17) is 4.74 Å². The molecule has 2 N–H and O–H groups in total. The van der Waals surface area contributed by atoms with Gasteiger partial charge in [0.1, 0.15) is 5.75 Å². The number of carbonyl (C=O) groups is 3. The number of fused-ring (bicyclic) bond motifs is 1. The fraction of sp³-hybridized carbons (Fsp3) is 0.269. The molecular weight excluding hydrogens is 418 g/mol. The minimum atomic E-state index is -0.366. The van der Waals surface area contributed by atoms with Crippen molar-refractivity contribution in [2.75, 3.05) is 32.1 Å². The van der Waals surface area contributed by atoms with E-state index in [9.17, 15) is 14.4 Å². The van der Waals surface area contributed by atoms with Gasteiger partial charge in [-0.05, 0) is 65.9 Å². The van der Waals surface area contributed by atoms with Gasteiger partial charge in [-0.15, -0.1) is 0 Å². The number of nitrogens with zero attached hydrogens (tertiary/aromatic N) is 1. The second-order valence-electron chi connectivity index (χ2n) is 8.24. The highest BCUT2D eigenvalue weighted by atomic mass is 16.5. The number of hydrogen-bond donors (Lipinski definition) is 2. The molecule has 3 aromatic rings. The van der Waals surface area contributed by atoms with E-state index in [0.29, 0.717) is 29.5 Å². The zero-order valence-corrected chi connectivity index (χ0v) is 18.5. The Morgan fingerprint density at radius 2 is 1.67 bits per heavy atom. The van der Waals surface area contributed by atoms with Crippen LogP contribution >= 0.6 is 0 Å². The molecule has 1 saturated carbocycles. The summed E-state index contributed by atoms with van der Waals surface area (Å²) in [6.45, 7) is 0.279. The molecule has 0 radical (unpaired) electrons. The summed E-state index contributed by atoms with van der Waals surface area (Å²) in [6, 6.07) is 20.3. The molecule has 0 aliphatic heterocycles. The molecule has 0 spiro atoms. The zero-order chi connectivity index (χ0) is 23.2. The van der Waals surface area contributed by atoms with Crippen LogP contribution in [-0.2, 0) is 9.59 Å². The minimum Gasteiger partial charge on any atom is -0.497 e. The van der Waals surface area contributed by atoms with Crippen molar-refractivity contribution in [2.45, 2.75) is 12.8 Å². The summed E-state index contributed by atoms with van der Waals surface area (Å²) in [4.78, 5) is 39.5. The van der Waals surface area contributed by atoms with E-state index < -0.39 is 0 Å². The second kappa shape index (κ2) is 10.2. The van der Waals surface area contributed by atoms with Gasteiger partial charge in [0.15, 0.2) is 0 Å². The molecule has 170 valence electrons. The maximum absolute atomic E-state index is 13.2. The largest absolute Gasteiger partial charge is 0.497 e. The van der Waals surface area contributed by atoms with Crippen LogP contribution in [-0.4, -0.2) is 49.4 Å². The van der Waals surface area contributed by atoms with E-state index >= 15 is 0 Å². The molecule has 0 atom stereocenters. The van der Waals surface area contributed by atoms with Gasteiger partial charge in [0.2, 0.25) is 11.8 Å². The summed E-state index contributed by atoms with van der Waals surface area (Å²) < 4.78 is 5.09. The Balaban J connectivity index is 1.34. The van der Waals surface area contributed by atoms with E-state index in [2.05, 4.69) is 10.6 Å². The average Bonchev–Trinajstić information content (AvgIpc) is 3.66. The smallest absolute Gasteiger partial charge is 0.254 e. The van der Waals surface area contributed by atoms with Gasteiger partial charge in [0, 0.05) is 17.8 Å². The third kappa shape index (κ3) is 6.10. The van der Waals surface area contributed by atoms with Gasteiger partial charge in [-0.2, -0.15) is 0 Å². The van der Waals surface area contributed by atoms with Crippen LogP contribution in [0, 0.1) is 5.92 Å². The van der Waals surface area contributed by atoms with Crippen LogP contribution in [0.5, 0.6) is 5.75 Å². The lowest BCUT2D eigenvalue weighted by molar-refractivity contribution is -0.124. The molecule has 0 unspecified atom stereocenters. The number of anilines is 1. The van der Waals surface area contributed by atoms with Gasteiger partial charge in [-0.1, -0.05) is 30.3 Å². The number of carbonyl (C=O) groups excluding carboxylic acids is 3. The fourth-order valence-electron chi connectivity index (χ4n) is 3.62. The van der Waals surface area contributed by atoms with Gasteiger partial charge in [-0.25, -0.2) is 0 Å². The molecule has 0 saturated heterocycles. The van der Waals surface area contributed by atoms with E-state index in [1.54, 1.807) is 42.3 Å². The van der Waals surface area contributed by atoms with Crippen molar-refractivity contribution in [1.82, 2.24) is 10.2 Å². The van der Waals surface area contributed by atoms with Gasteiger partial charge in [0.05, 0.1) is 20.2 Å². The first-order valence-electron chi connectivity index (χ1n) is 11.0. The second-order valence-corrected chi connectivity index (χ2v) is 8.24. The lowest BCUT2D eigenvalue weighted by Crippen LogP contribution is -2.43. The van der Waals surface area contributed by atoms with Gasteiger partial charge in [0.25, 0.3) is 5.91 Å². The van der Waals surface area contributed by atoms with Crippen molar-refractivity contribution in [3.63, 3.8) is 0 Å². The number of amides is 3. The van der Waals surface area contributed by atoms with Gasteiger partial charge < -0.3 is 20.3 Å². The third-order valence-corrected chi connectivity index (χ3v) is 5.61. The van der Waals surface area contributed by atoms with Gasteiger partial charge in [-0.3, -0.25) is 14.4 Å². The number of rotatable bonds is 9. The first kappa shape index (κ1) is 22.3. The first-order valence-corrected chi connectivity index (χ1v) is 11.0. The highest BCUT2D eigenvalue weighted by Crippen LogP contribution is 2.30. The summed E-state index contributed by atoms with van der Waals surface area (Å²) in [5, 5.41) is 7.38. The molecule has 7 nitrogen and oxygen atoms in total. The summed E-state index contributed by atoms with van der Waals surface area (Å²) in [5.74, 6) is 0.233. The zero-order valence-electron chi connectivity index (χ0n) is 18.5. The van der Waals surface area contributed by atoms with Crippen molar-refractivity contribution in [3.8, 4) is 5.75 Å². The summed E-state index contributed by atoms with van der Waals surface area (Å²) >= 11 is 0. The van der Waals surface area contributed by atoms with Crippen LogP contribution in [0.4, 0.5) is 5.69 Å². The molecule has 1 aliphatic carbocycles.